The molecule has 0 saturated heterocycles. The van der Waals surface area contributed by atoms with Gasteiger partial charge >= 0.3 is 0 Å². The summed E-state index contributed by atoms with van der Waals surface area (Å²) in [7, 11) is -3.78. The van der Waals surface area contributed by atoms with Crippen molar-refractivity contribution in [2.24, 2.45) is 0 Å². The number of hydrogen-bond acceptors (Lipinski definition) is 5. The van der Waals surface area contributed by atoms with Crippen LogP contribution in [0.4, 0.5) is 0 Å². The number of unbranched alkanes of at least 4 members (excludes halogenated alkanes) is 12. The fourth-order valence-electron chi connectivity index (χ4n) is 3.55. The minimum atomic E-state index is -3.78. The predicted octanol–water partition coefficient (Wildman–Crippen LogP) is 5.83. The van der Waals surface area contributed by atoms with Gasteiger partial charge in [-0.15, -0.1) is 11.3 Å². The average Bonchev–Trinajstić information content (AvgIpc) is 3.25. The molecule has 0 unspecified atom stereocenters. The Labute approximate surface area is 187 Å². The first kappa shape index (κ1) is 27.3. The van der Waals surface area contributed by atoms with E-state index in [1.807, 2.05) is 0 Å². The van der Waals surface area contributed by atoms with Gasteiger partial charge in [-0.25, -0.2) is 8.42 Å². The molecule has 1 aromatic heterocycles. The molecule has 5 nitrogen and oxygen atoms in total. The highest BCUT2D eigenvalue weighted by Crippen LogP contribution is 2.18. The van der Waals surface area contributed by atoms with Crippen LogP contribution in [0.1, 0.15) is 104 Å². The maximum Gasteiger partial charge on any atom is 0.250 e. The molecule has 0 spiro atoms. The first-order valence-electron chi connectivity index (χ1n) is 11.6. The minimum absolute atomic E-state index is 0.155. The lowest BCUT2D eigenvalue weighted by Crippen LogP contribution is -2.47. The summed E-state index contributed by atoms with van der Waals surface area (Å²) < 4.78 is 27.2. The van der Waals surface area contributed by atoms with Gasteiger partial charge in [0.15, 0.2) is 5.78 Å². The average molecular weight is 460 g/mol. The second kappa shape index (κ2) is 16.0. The zero-order chi connectivity index (χ0) is 22.2. The van der Waals surface area contributed by atoms with Crippen LogP contribution in [0.2, 0.25) is 0 Å². The molecule has 2 atom stereocenters. The van der Waals surface area contributed by atoms with Gasteiger partial charge in [0, 0.05) is 6.42 Å². The monoisotopic (exact) mass is 459 g/mol. The molecule has 174 valence electrons. The van der Waals surface area contributed by atoms with Gasteiger partial charge in [-0.1, -0.05) is 90.0 Å². The molecule has 0 aliphatic rings. The van der Waals surface area contributed by atoms with E-state index in [0.29, 0.717) is 6.42 Å². The topological polar surface area (TPSA) is 83.5 Å². The summed E-state index contributed by atoms with van der Waals surface area (Å²) in [5, 5.41) is 11.6. The van der Waals surface area contributed by atoms with Gasteiger partial charge in [0.05, 0.1) is 6.10 Å². The van der Waals surface area contributed by atoms with Crippen LogP contribution in [-0.4, -0.2) is 31.5 Å². The highest BCUT2D eigenvalue weighted by atomic mass is 32.2. The molecule has 2 N–H and O–H groups in total. The van der Waals surface area contributed by atoms with E-state index < -0.39 is 22.2 Å². The Balaban J connectivity index is 2.14. The molecule has 30 heavy (non-hydrogen) atoms. The van der Waals surface area contributed by atoms with Crippen LogP contribution in [0.25, 0.3) is 0 Å². The Bertz CT molecular complexity index is 657. The summed E-state index contributed by atoms with van der Waals surface area (Å²) in [6.07, 6.45) is 15.2. The number of sulfonamides is 1. The molecular formula is C23H41NO4S2. The van der Waals surface area contributed by atoms with Crippen molar-refractivity contribution in [2.75, 3.05) is 0 Å². The maximum atomic E-state index is 12.4. The van der Waals surface area contributed by atoms with Crippen molar-refractivity contribution in [3.8, 4) is 0 Å². The van der Waals surface area contributed by atoms with E-state index in [0.717, 1.165) is 30.6 Å². The van der Waals surface area contributed by atoms with Gasteiger partial charge in [0.25, 0.3) is 10.0 Å². The molecule has 7 heteroatoms. The third kappa shape index (κ3) is 11.6. The number of thiophene rings is 1. The van der Waals surface area contributed by atoms with Crippen molar-refractivity contribution in [3.63, 3.8) is 0 Å². The van der Waals surface area contributed by atoms with Gasteiger partial charge in [0.2, 0.25) is 0 Å². The quantitative estimate of drug-likeness (QED) is 0.255. The van der Waals surface area contributed by atoms with Crippen molar-refractivity contribution in [1.82, 2.24) is 4.72 Å². The van der Waals surface area contributed by atoms with Crippen LogP contribution < -0.4 is 4.72 Å². The fraction of sp³-hybridized carbons (Fsp3) is 0.783. The van der Waals surface area contributed by atoms with Crippen LogP contribution >= 0.6 is 11.3 Å². The maximum absolute atomic E-state index is 12.4. The third-order valence-electron chi connectivity index (χ3n) is 5.40. The van der Waals surface area contributed by atoms with Gasteiger partial charge in [-0.3, -0.25) is 4.79 Å². The zero-order valence-corrected chi connectivity index (χ0v) is 20.4. The largest absolute Gasteiger partial charge is 0.391 e. The molecule has 1 rings (SSSR count). The number of rotatable bonds is 19. The van der Waals surface area contributed by atoms with Crippen molar-refractivity contribution in [1.29, 1.82) is 0 Å². The molecule has 0 aromatic carbocycles. The predicted molar refractivity (Wildman–Crippen MR) is 125 cm³/mol. The SMILES string of the molecule is CCCCCCCCCCCCCCCC(=O)[C@@H](NS(=O)(=O)c1cccs1)[C@@H](C)O. The van der Waals surface area contributed by atoms with Gasteiger partial charge in [-0.05, 0) is 24.8 Å². The third-order valence-corrected chi connectivity index (χ3v) is 8.24. The summed E-state index contributed by atoms with van der Waals surface area (Å²) >= 11 is 1.09. The summed E-state index contributed by atoms with van der Waals surface area (Å²) in [5.74, 6) is -0.242. The number of Topliss-reactive ketones (excluding diaryl/α,β-unsaturated/α-hetero) is 1. The van der Waals surface area contributed by atoms with E-state index in [-0.39, 0.29) is 9.99 Å². The van der Waals surface area contributed by atoms with Crippen LogP contribution in [0.5, 0.6) is 0 Å². The van der Waals surface area contributed by atoms with Crippen molar-refractivity contribution in [2.45, 2.75) is 120 Å². The molecule has 1 aromatic rings. The molecule has 0 bridgehead atoms. The Hall–Kier alpha value is -0.760. The minimum Gasteiger partial charge on any atom is -0.391 e. The van der Waals surface area contributed by atoms with E-state index >= 15 is 0 Å². The second-order valence-electron chi connectivity index (χ2n) is 8.23. The molecule has 1 heterocycles. The smallest absolute Gasteiger partial charge is 0.250 e. The highest BCUT2D eigenvalue weighted by molar-refractivity contribution is 7.91. The first-order chi connectivity index (χ1) is 14.4. The summed E-state index contributed by atoms with van der Waals surface area (Å²) in [4.78, 5) is 12.4. The van der Waals surface area contributed by atoms with E-state index in [1.54, 1.807) is 11.4 Å². The van der Waals surface area contributed by atoms with Gasteiger partial charge in [0.1, 0.15) is 10.3 Å². The van der Waals surface area contributed by atoms with Crippen LogP contribution in [0, 0.1) is 0 Å². The Morgan fingerprint density at radius 2 is 1.47 bits per heavy atom. The number of ketones is 1. The lowest BCUT2D eigenvalue weighted by atomic mass is 10.0. The molecular weight excluding hydrogens is 418 g/mol. The standard InChI is InChI=1S/C23H41NO4S2/c1-3-4-5-6-7-8-9-10-11-12-13-14-15-17-21(26)23(20(2)25)24-30(27,28)22-18-16-19-29-22/h16,18-20,23-25H,3-15,17H2,1-2H3/t20-,23+/m1/s1. The molecule has 0 radical (unpaired) electrons. The zero-order valence-electron chi connectivity index (χ0n) is 18.8. The lowest BCUT2D eigenvalue weighted by molar-refractivity contribution is -0.123. The van der Waals surface area contributed by atoms with Crippen molar-refractivity contribution >= 4 is 27.1 Å². The van der Waals surface area contributed by atoms with Crippen LogP contribution in [-0.2, 0) is 14.8 Å². The normalized spacial score (nSPS) is 14.0. The van der Waals surface area contributed by atoms with E-state index in [2.05, 4.69) is 11.6 Å². The number of nitrogens with one attached hydrogen (secondary N) is 1. The second-order valence-corrected chi connectivity index (χ2v) is 11.1. The molecule has 0 aliphatic carbocycles. The molecule has 0 amide bonds. The van der Waals surface area contributed by atoms with Gasteiger partial charge in [-0.2, -0.15) is 4.72 Å². The van der Waals surface area contributed by atoms with E-state index in [9.17, 15) is 18.3 Å². The number of aliphatic hydroxyl groups excluding tert-OH is 1. The first-order valence-corrected chi connectivity index (χ1v) is 14.0. The van der Waals surface area contributed by atoms with E-state index in [4.69, 9.17) is 0 Å². The lowest BCUT2D eigenvalue weighted by Gasteiger charge is -2.19. The Kier molecular flexibility index (Phi) is 14.5. The van der Waals surface area contributed by atoms with Crippen molar-refractivity contribution < 1.29 is 18.3 Å². The highest BCUT2D eigenvalue weighted by Gasteiger charge is 2.29. The fourth-order valence-corrected chi connectivity index (χ4v) is 5.85. The Morgan fingerprint density at radius 3 is 1.90 bits per heavy atom. The molecule has 0 fully saturated rings. The number of carbonyl (C=O) groups excluding carboxylic acids is 1. The molecule has 0 saturated carbocycles. The number of hydrogen-bond donors (Lipinski definition) is 2. The summed E-state index contributed by atoms with van der Waals surface area (Å²) in [6, 6.07) is 2.05. The number of aliphatic hydroxyl groups is 1. The Morgan fingerprint density at radius 1 is 0.967 bits per heavy atom. The van der Waals surface area contributed by atoms with Crippen molar-refractivity contribution in [3.05, 3.63) is 17.5 Å². The number of carbonyl (C=O) groups is 1. The van der Waals surface area contributed by atoms with Crippen LogP contribution in [0.3, 0.4) is 0 Å². The summed E-state index contributed by atoms with van der Waals surface area (Å²) in [6.45, 7) is 3.69. The van der Waals surface area contributed by atoms with E-state index in [1.165, 1.54) is 77.2 Å². The molecule has 0 aliphatic heterocycles. The summed E-state index contributed by atoms with van der Waals surface area (Å²) in [5.41, 5.74) is 0. The van der Waals surface area contributed by atoms with Crippen LogP contribution in [0.15, 0.2) is 21.7 Å². The van der Waals surface area contributed by atoms with Gasteiger partial charge < -0.3 is 5.11 Å².